The number of pyridine rings is 1. The Morgan fingerprint density at radius 1 is 1.12 bits per heavy atom. The molecule has 0 fully saturated rings. The molecule has 0 saturated carbocycles. The number of hydrogen-bond donors (Lipinski definition) is 0. The van der Waals surface area contributed by atoms with Gasteiger partial charge in [0.25, 0.3) is 0 Å². The Morgan fingerprint density at radius 2 is 2.00 bits per heavy atom. The van der Waals surface area contributed by atoms with Crippen LogP contribution in [-0.2, 0) is 13.1 Å². The van der Waals surface area contributed by atoms with Crippen LogP contribution in [0.2, 0.25) is 0 Å². The number of aromatic nitrogens is 6. The van der Waals surface area contributed by atoms with E-state index < -0.39 is 0 Å². The van der Waals surface area contributed by atoms with E-state index >= 15 is 0 Å². The molecule has 25 heavy (non-hydrogen) atoms. The number of para-hydroxylation sites is 1. The molecular formula is C18H18N6O. The smallest absolute Gasteiger partial charge is 0.212 e. The van der Waals surface area contributed by atoms with Gasteiger partial charge in [0.05, 0.1) is 31.1 Å². The van der Waals surface area contributed by atoms with Gasteiger partial charge in [-0.25, -0.2) is 9.67 Å². The monoisotopic (exact) mass is 334 g/mol. The van der Waals surface area contributed by atoms with Gasteiger partial charge in [0.2, 0.25) is 5.88 Å². The van der Waals surface area contributed by atoms with Crippen LogP contribution in [0.1, 0.15) is 12.6 Å². The lowest BCUT2D eigenvalue weighted by Gasteiger charge is -1.99. The first kappa shape index (κ1) is 15.3. The average Bonchev–Trinajstić information content (AvgIpc) is 3.27. The second kappa shape index (κ2) is 6.35. The lowest BCUT2D eigenvalue weighted by atomic mass is 10.2. The minimum Gasteiger partial charge on any atom is -0.481 e. The van der Waals surface area contributed by atoms with Gasteiger partial charge in [-0.05, 0) is 19.1 Å². The van der Waals surface area contributed by atoms with E-state index in [1.165, 1.54) is 0 Å². The summed E-state index contributed by atoms with van der Waals surface area (Å²) in [4.78, 5) is 4.21. The first-order valence-corrected chi connectivity index (χ1v) is 8.13. The summed E-state index contributed by atoms with van der Waals surface area (Å²) in [5.74, 6) is 0.577. The van der Waals surface area contributed by atoms with Crippen LogP contribution in [0.3, 0.4) is 0 Å². The quantitative estimate of drug-likeness (QED) is 0.561. The predicted octanol–water partition coefficient (Wildman–Crippen LogP) is 2.77. The Balaban J connectivity index is 1.63. The number of rotatable bonds is 5. The van der Waals surface area contributed by atoms with Gasteiger partial charge in [0.15, 0.2) is 0 Å². The van der Waals surface area contributed by atoms with E-state index in [9.17, 15) is 0 Å². The van der Waals surface area contributed by atoms with Crippen LogP contribution in [0, 0.1) is 0 Å². The van der Waals surface area contributed by atoms with Crippen molar-refractivity contribution in [2.24, 2.45) is 0 Å². The fourth-order valence-corrected chi connectivity index (χ4v) is 2.87. The van der Waals surface area contributed by atoms with Gasteiger partial charge < -0.3 is 4.74 Å². The maximum absolute atomic E-state index is 5.08. The molecule has 0 atom stereocenters. The van der Waals surface area contributed by atoms with E-state index in [4.69, 9.17) is 9.84 Å². The molecular weight excluding hydrogens is 316 g/mol. The zero-order chi connectivity index (χ0) is 17.2. The van der Waals surface area contributed by atoms with Crippen molar-refractivity contribution < 1.29 is 4.74 Å². The molecule has 4 aromatic rings. The molecule has 0 radical (unpaired) electrons. The molecule has 4 rings (SSSR count). The molecule has 0 aliphatic carbocycles. The Labute approximate surface area is 144 Å². The summed E-state index contributed by atoms with van der Waals surface area (Å²) in [6, 6.07) is 12.0. The van der Waals surface area contributed by atoms with E-state index in [0.717, 1.165) is 34.4 Å². The topological polar surface area (TPSA) is 70.7 Å². The Morgan fingerprint density at radius 3 is 2.76 bits per heavy atom. The fraction of sp³-hybridized carbons (Fsp3) is 0.222. The fourth-order valence-electron chi connectivity index (χ4n) is 2.87. The maximum Gasteiger partial charge on any atom is 0.212 e. The number of hydrogen-bond acceptors (Lipinski definition) is 5. The molecule has 7 heteroatoms. The third-order valence-corrected chi connectivity index (χ3v) is 4.13. The summed E-state index contributed by atoms with van der Waals surface area (Å²) in [6.45, 7) is 3.50. The van der Waals surface area contributed by atoms with E-state index in [1.807, 2.05) is 35.1 Å². The highest BCUT2D eigenvalue weighted by Gasteiger charge is 2.11. The minimum atomic E-state index is 0.574. The third-order valence-electron chi connectivity index (χ3n) is 4.13. The van der Waals surface area contributed by atoms with Crippen molar-refractivity contribution in [1.82, 2.24) is 29.8 Å². The highest BCUT2D eigenvalue weighted by Crippen LogP contribution is 2.21. The van der Waals surface area contributed by atoms with Gasteiger partial charge in [-0.2, -0.15) is 5.10 Å². The zero-order valence-electron chi connectivity index (χ0n) is 14.1. The summed E-state index contributed by atoms with van der Waals surface area (Å²) in [6.07, 6.45) is 3.64. The SMILES string of the molecule is CCn1nc(Cn2cc(-c3ccc(OC)nc3)nn2)c2ccccc21. The minimum absolute atomic E-state index is 0.574. The molecule has 0 aliphatic rings. The van der Waals surface area contributed by atoms with E-state index in [-0.39, 0.29) is 0 Å². The zero-order valence-corrected chi connectivity index (χ0v) is 14.1. The molecule has 0 saturated heterocycles. The average molecular weight is 334 g/mol. The molecule has 0 N–H and O–H groups in total. The molecule has 3 heterocycles. The third kappa shape index (κ3) is 2.84. The largest absolute Gasteiger partial charge is 0.481 e. The van der Waals surface area contributed by atoms with Gasteiger partial charge >= 0.3 is 0 Å². The second-order valence-electron chi connectivity index (χ2n) is 5.67. The van der Waals surface area contributed by atoms with Crippen LogP contribution in [0.5, 0.6) is 5.88 Å². The maximum atomic E-state index is 5.08. The molecule has 0 amide bonds. The number of methoxy groups -OCH3 is 1. The summed E-state index contributed by atoms with van der Waals surface area (Å²) in [5, 5.41) is 14.3. The van der Waals surface area contributed by atoms with Crippen LogP contribution >= 0.6 is 0 Å². The van der Waals surface area contributed by atoms with E-state index in [1.54, 1.807) is 18.0 Å². The number of aryl methyl sites for hydroxylation is 1. The highest BCUT2D eigenvalue weighted by molar-refractivity contribution is 5.81. The summed E-state index contributed by atoms with van der Waals surface area (Å²) < 4.78 is 8.89. The number of benzene rings is 1. The van der Waals surface area contributed by atoms with Crippen LogP contribution in [-0.4, -0.2) is 36.9 Å². The van der Waals surface area contributed by atoms with Crippen molar-refractivity contribution in [2.45, 2.75) is 20.0 Å². The summed E-state index contributed by atoms with van der Waals surface area (Å²) in [5.41, 5.74) is 3.80. The van der Waals surface area contributed by atoms with E-state index in [2.05, 4.69) is 34.4 Å². The first-order chi connectivity index (χ1) is 12.3. The van der Waals surface area contributed by atoms with Crippen LogP contribution < -0.4 is 4.74 Å². The molecule has 0 aliphatic heterocycles. The summed E-state index contributed by atoms with van der Waals surface area (Å²) in [7, 11) is 1.60. The normalized spacial score (nSPS) is 11.1. The van der Waals surface area contributed by atoms with Gasteiger partial charge in [0.1, 0.15) is 5.69 Å². The van der Waals surface area contributed by atoms with Crippen LogP contribution in [0.25, 0.3) is 22.2 Å². The molecule has 0 spiro atoms. The Kier molecular flexibility index (Phi) is 3.89. The predicted molar refractivity (Wildman–Crippen MR) is 94.3 cm³/mol. The van der Waals surface area contributed by atoms with Gasteiger partial charge in [-0.1, -0.05) is 23.4 Å². The second-order valence-corrected chi connectivity index (χ2v) is 5.67. The molecule has 126 valence electrons. The number of nitrogens with zero attached hydrogens (tertiary/aromatic N) is 6. The highest BCUT2D eigenvalue weighted by atomic mass is 16.5. The van der Waals surface area contributed by atoms with Crippen LogP contribution in [0.4, 0.5) is 0 Å². The number of fused-ring (bicyclic) bond motifs is 1. The molecule has 7 nitrogen and oxygen atoms in total. The molecule has 0 bridgehead atoms. The lowest BCUT2D eigenvalue weighted by Crippen LogP contribution is -2.03. The Bertz CT molecular complexity index is 1000. The standard InChI is InChI=1S/C18H18N6O/c1-3-24-17-7-5-4-6-14(17)16(21-24)12-23-11-15(20-22-23)13-8-9-18(25-2)19-10-13/h4-11H,3,12H2,1-2H3. The van der Waals surface area contributed by atoms with Crippen molar-refractivity contribution in [2.75, 3.05) is 7.11 Å². The van der Waals surface area contributed by atoms with E-state index in [0.29, 0.717) is 12.4 Å². The van der Waals surface area contributed by atoms with Gasteiger partial charge in [0, 0.05) is 29.8 Å². The number of ether oxygens (including phenoxy) is 1. The first-order valence-electron chi connectivity index (χ1n) is 8.13. The van der Waals surface area contributed by atoms with Crippen molar-refractivity contribution in [3.63, 3.8) is 0 Å². The lowest BCUT2D eigenvalue weighted by molar-refractivity contribution is 0.398. The molecule has 3 aromatic heterocycles. The van der Waals surface area contributed by atoms with Crippen LogP contribution in [0.15, 0.2) is 48.8 Å². The van der Waals surface area contributed by atoms with Gasteiger partial charge in [-0.15, -0.1) is 5.10 Å². The van der Waals surface area contributed by atoms with Crippen molar-refractivity contribution in [3.05, 3.63) is 54.5 Å². The van der Waals surface area contributed by atoms with Crippen molar-refractivity contribution >= 4 is 10.9 Å². The summed E-state index contributed by atoms with van der Waals surface area (Å²) >= 11 is 0. The Hall–Kier alpha value is -3.22. The molecule has 1 aromatic carbocycles. The van der Waals surface area contributed by atoms with Crippen molar-refractivity contribution in [1.29, 1.82) is 0 Å². The van der Waals surface area contributed by atoms with Crippen molar-refractivity contribution in [3.8, 4) is 17.1 Å². The van der Waals surface area contributed by atoms with Gasteiger partial charge in [-0.3, -0.25) is 4.68 Å². The molecule has 0 unspecified atom stereocenters.